The molecule has 0 aliphatic carbocycles. The summed E-state index contributed by atoms with van der Waals surface area (Å²) in [6.07, 6.45) is 1.80. The Kier molecular flexibility index (Phi) is 11.9. The number of carbonyl (C=O) groups is 1. The molecule has 0 saturated heterocycles. The van der Waals surface area contributed by atoms with Crippen molar-refractivity contribution >= 4 is 63.0 Å². The zero-order valence-electron chi connectivity index (χ0n) is 10.8. The number of nitrogens with one attached hydrogen (secondary N) is 1. The van der Waals surface area contributed by atoms with Crippen molar-refractivity contribution in [2.75, 3.05) is 19.4 Å². The third kappa shape index (κ3) is 11.3. The highest BCUT2D eigenvalue weighted by Gasteiger charge is 2.00. The molecule has 0 saturated carbocycles. The topological polar surface area (TPSA) is 77.2 Å². The number of hydrogen-bond acceptors (Lipinski definition) is 5. The summed E-state index contributed by atoms with van der Waals surface area (Å²) in [6.45, 7) is 0.620. The predicted octanol–water partition coefficient (Wildman–Crippen LogP) is 2.59. The normalized spacial score (nSPS) is 9.15. The van der Waals surface area contributed by atoms with Gasteiger partial charge in [-0.2, -0.15) is 11.8 Å². The van der Waals surface area contributed by atoms with Gasteiger partial charge in [-0.25, -0.2) is 0 Å². The first-order chi connectivity index (χ1) is 9.47. The van der Waals surface area contributed by atoms with E-state index in [9.17, 15) is 0 Å². The lowest BCUT2D eigenvalue weighted by molar-refractivity contribution is 0.267. The van der Waals surface area contributed by atoms with Crippen LogP contribution in [0.4, 0.5) is 4.79 Å². The average Bonchev–Trinajstić information content (AvgIpc) is 2.39. The van der Waals surface area contributed by atoms with Gasteiger partial charge in [0.25, 0.3) is 10.4 Å². The summed E-state index contributed by atoms with van der Waals surface area (Å²) in [5, 5.41) is 2.57. The number of rotatable bonds is 5. The fourth-order valence-corrected chi connectivity index (χ4v) is 2.39. The number of carbonyl (C=O) groups excluding carboxylic acids is 1. The van der Waals surface area contributed by atoms with E-state index in [-0.39, 0.29) is 0 Å². The molecule has 20 heavy (non-hydrogen) atoms. The van der Waals surface area contributed by atoms with Gasteiger partial charge in [0.1, 0.15) is 0 Å². The third-order valence-electron chi connectivity index (χ3n) is 1.74. The Labute approximate surface area is 142 Å². The lowest BCUT2D eigenvalue weighted by atomic mass is 10.4. The Balaban J connectivity index is 0.000000796. The molecule has 0 aliphatic heterocycles. The molecule has 0 bridgehead atoms. The Morgan fingerprint density at radius 1 is 1.70 bits per heavy atom. The van der Waals surface area contributed by atoms with Crippen LogP contribution in [0.15, 0.2) is 22.8 Å². The summed E-state index contributed by atoms with van der Waals surface area (Å²) >= 11 is 13.2. The first-order valence-electron chi connectivity index (χ1n) is 5.47. The van der Waals surface area contributed by atoms with Crippen LogP contribution in [0.3, 0.4) is 0 Å². The predicted molar refractivity (Wildman–Crippen MR) is 94.3 cm³/mol. The Bertz CT molecular complexity index is 431. The van der Waals surface area contributed by atoms with Crippen molar-refractivity contribution in [3.8, 4) is 0 Å². The highest BCUT2D eigenvalue weighted by atomic mass is 79.9. The van der Waals surface area contributed by atoms with Crippen molar-refractivity contribution in [1.29, 1.82) is 0 Å². The Hall–Kier alpha value is -0.510. The summed E-state index contributed by atoms with van der Waals surface area (Å²) < 4.78 is 6.28. The van der Waals surface area contributed by atoms with Crippen molar-refractivity contribution < 1.29 is 9.53 Å². The molecule has 0 aliphatic rings. The number of thiocarbonyl (C=S) groups is 1. The number of pyridine rings is 1. The van der Waals surface area contributed by atoms with E-state index in [2.05, 4.69) is 44.6 Å². The van der Waals surface area contributed by atoms with E-state index in [1.165, 1.54) is 0 Å². The number of nitrogens with zero attached hydrogens (tertiary/aromatic N) is 1. The van der Waals surface area contributed by atoms with E-state index in [4.69, 9.17) is 21.7 Å². The van der Waals surface area contributed by atoms with Gasteiger partial charge in [-0.1, -0.05) is 12.6 Å². The maximum absolute atomic E-state index is 9.09. The molecule has 1 amide bonds. The van der Waals surface area contributed by atoms with Crippen LogP contribution in [0.5, 0.6) is 0 Å². The van der Waals surface area contributed by atoms with Crippen molar-refractivity contribution in [3.05, 3.63) is 28.5 Å². The minimum absolute atomic E-state index is 0.444. The average molecular weight is 398 g/mol. The van der Waals surface area contributed by atoms with Gasteiger partial charge in [0.05, 0.1) is 12.3 Å². The first-order valence-corrected chi connectivity index (χ1v) is 8.27. The van der Waals surface area contributed by atoms with Crippen molar-refractivity contribution in [2.24, 2.45) is 5.73 Å². The second kappa shape index (κ2) is 12.2. The summed E-state index contributed by atoms with van der Waals surface area (Å²) in [4.78, 5) is 13.4. The molecule has 1 rings (SSSR count). The van der Waals surface area contributed by atoms with Gasteiger partial charge in [0.2, 0.25) is 0 Å². The summed E-state index contributed by atoms with van der Waals surface area (Å²) in [6, 6.07) is 3.90. The smallest absolute Gasteiger partial charge is 0.273 e. The van der Waals surface area contributed by atoms with Crippen molar-refractivity contribution in [1.82, 2.24) is 10.3 Å². The van der Waals surface area contributed by atoms with E-state index in [1.807, 2.05) is 12.1 Å². The van der Waals surface area contributed by atoms with Gasteiger partial charge in [-0.3, -0.25) is 9.78 Å². The number of ether oxygens (including phenoxy) is 1. The molecule has 1 heterocycles. The number of halogens is 1. The molecule has 0 spiro atoms. The standard InChI is InChI=1S/C10H13BrN2OS2.CH3NOS/c1-12-10(15)14-5-6-16-7-9-8(11)3-2-4-13-9;2-1(3)4/h2-4H,5-7H2,1H3,(H,12,15);(H3,2,3,4). The number of hydrogen-bond donors (Lipinski definition) is 3. The summed E-state index contributed by atoms with van der Waals surface area (Å²) in [7, 11) is 1.75. The van der Waals surface area contributed by atoms with Crippen LogP contribution < -0.4 is 11.1 Å². The molecular weight excluding hydrogens is 382 g/mol. The van der Waals surface area contributed by atoms with Gasteiger partial charge in [-0.05, 0) is 40.3 Å². The highest BCUT2D eigenvalue weighted by molar-refractivity contribution is 9.10. The first kappa shape index (κ1) is 19.5. The molecule has 1 aromatic rings. The fraction of sp³-hybridized carbons (Fsp3) is 0.364. The van der Waals surface area contributed by atoms with Crippen LogP contribution in [0.25, 0.3) is 0 Å². The molecular formula is C11H16BrN3O2S3. The van der Waals surface area contributed by atoms with Gasteiger partial charge in [0, 0.05) is 29.2 Å². The number of nitrogens with two attached hydrogens (primary N) is 1. The molecule has 0 radical (unpaired) electrons. The molecule has 5 nitrogen and oxygen atoms in total. The summed E-state index contributed by atoms with van der Waals surface area (Å²) in [5.74, 6) is 1.77. The number of thioether (sulfide) groups is 1. The van der Waals surface area contributed by atoms with Gasteiger partial charge in [0.15, 0.2) is 0 Å². The molecule has 0 aromatic carbocycles. The zero-order chi connectivity index (χ0) is 15.4. The van der Waals surface area contributed by atoms with Crippen LogP contribution in [0.2, 0.25) is 0 Å². The second-order valence-corrected chi connectivity index (χ2v) is 5.98. The highest BCUT2D eigenvalue weighted by Crippen LogP contribution is 2.18. The van der Waals surface area contributed by atoms with Crippen LogP contribution in [0.1, 0.15) is 5.69 Å². The van der Waals surface area contributed by atoms with Crippen LogP contribution in [-0.2, 0) is 10.5 Å². The largest absolute Gasteiger partial charge is 0.470 e. The van der Waals surface area contributed by atoms with E-state index in [1.54, 1.807) is 25.0 Å². The Morgan fingerprint density at radius 3 is 2.90 bits per heavy atom. The molecule has 0 atom stereocenters. The maximum Gasteiger partial charge on any atom is 0.273 e. The SMILES string of the molecule is CNC(=S)OCCSCc1ncccc1Br.NC(=O)S. The minimum atomic E-state index is -0.639. The number of aromatic nitrogens is 1. The minimum Gasteiger partial charge on any atom is -0.470 e. The van der Waals surface area contributed by atoms with Gasteiger partial charge >= 0.3 is 0 Å². The zero-order valence-corrected chi connectivity index (χ0v) is 14.9. The molecule has 112 valence electrons. The van der Waals surface area contributed by atoms with E-state index in [0.29, 0.717) is 11.8 Å². The number of thiol groups is 1. The molecule has 9 heteroatoms. The van der Waals surface area contributed by atoms with Crippen molar-refractivity contribution in [2.45, 2.75) is 5.75 Å². The number of amides is 1. The Morgan fingerprint density at radius 2 is 2.35 bits per heavy atom. The van der Waals surface area contributed by atoms with Gasteiger partial charge in [-0.15, -0.1) is 0 Å². The molecule has 1 aromatic heterocycles. The monoisotopic (exact) mass is 397 g/mol. The van der Waals surface area contributed by atoms with E-state index >= 15 is 0 Å². The molecule has 0 fully saturated rings. The lowest BCUT2D eigenvalue weighted by Gasteiger charge is -2.06. The van der Waals surface area contributed by atoms with Crippen molar-refractivity contribution in [3.63, 3.8) is 0 Å². The summed E-state index contributed by atoms with van der Waals surface area (Å²) in [5.41, 5.74) is 5.40. The van der Waals surface area contributed by atoms with E-state index in [0.717, 1.165) is 21.7 Å². The molecule has 0 unspecified atom stereocenters. The van der Waals surface area contributed by atoms with Gasteiger partial charge < -0.3 is 15.8 Å². The number of primary amides is 1. The van der Waals surface area contributed by atoms with Crippen LogP contribution >= 0.6 is 52.5 Å². The lowest BCUT2D eigenvalue weighted by Crippen LogP contribution is -2.19. The molecule has 3 N–H and O–H groups in total. The quantitative estimate of drug-likeness (QED) is 0.402. The third-order valence-corrected chi connectivity index (χ3v) is 3.72. The fourth-order valence-electron chi connectivity index (χ4n) is 0.959. The van der Waals surface area contributed by atoms with Crippen LogP contribution in [-0.4, -0.2) is 34.8 Å². The maximum atomic E-state index is 9.09. The van der Waals surface area contributed by atoms with E-state index < -0.39 is 5.24 Å². The van der Waals surface area contributed by atoms with Crippen LogP contribution in [0, 0.1) is 0 Å². The second-order valence-electron chi connectivity index (χ2n) is 3.21.